The van der Waals surface area contributed by atoms with Gasteiger partial charge >= 0.3 is 0 Å². The highest BCUT2D eigenvalue weighted by Gasteiger charge is 2.16. The van der Waals surface area contributed by atoms with Gasteiger partial charge in [-0.3, -0.25) is 9.20 Å². The summed E-state index contributed by atoms with van der Waals surface area (Å²) in [6.45, 7) is 2.06. The van der Waals surface area contributed by atoms with E-state index in [2.05, 4.69) is 28.8 Å². The van der Waals surface area contributed by atoms with E-state index < -0.39 is 0 Å². The van der Waals surface area contributed by atoms with Crippen LogP contribution in [-0.2, 0) is 11.2 Å². The number of imidazole rings is 1. The molecule has 160 valence electrons. The highest BCUT2D eigenvalue weighted by atomic mass is 32.2. The van der Waals surface area contributed by atoms with Crippen LogP contribution in [0.15, 0.2) is 84.0 Å². The zero-order valence-corrected chi connectivity index (χ0v) is 18.7. The Hall–Kier alpha value is -3.38. The summed E-state index contributed by atoms with van der Waals surface area (Å²) in [6.07, 6.45) is 1.86. The van der Waals surface area contributed by atoms with Gasteiger partial charge < -0.3 is 5.32 Å². The Kier molecular flexibility index (Phi) is 5.77. The van der Waals surface area contributed by atoms with Crippen LogP contribution < -0.4 is 5.32 Å². The summed E-state index contributed by atoms with van der Waals surface area (Å²) in [7, 11) is 0. The van der Waals surface area contributed by atoms with Gasteiger partial charge in [0.25, 0.3) is 0 Å². The molecule has 1 amide bonds. The van der Waals surface area contributed by atoms with E-state index in [4.69, 9.17) is 9.97 Å². The minimum atomic E-state index is 0.0168. The van der Waals surface area contributed by atoms with Crippen molar-refractivity contribution in [2.75, 3.05) is 5.75 Å². The Bertz CT molecular complexity index is 1400. The monoisotopic (exact) mass is 440 g/mol. The lowest BCUT2D eigenvalue weighted by Gasteiger charge is -2.14. The van der Waals surface area contributed by atoms with Crippen molar-refractivity contribution in [2.45, 2.75) is 31.0 Å². The first-order valence-corrected chi connectivity index (χ1v) is 11.8. The Labute approximate surface area is 190 Å². The molecule has 0 spiro atoms. The van der Waals surface area contributed by atoms with Crippen molar-refractivity contribution in [3.8, 4) is 0 Å². The fourth-order valence-electron chi connectivity index (χ4n) is 3.96. The van der Waals surface area contributed by atoms with Crippen LogP contribution in [0.25, 0.3) is 27.6 Å². The van der Waals surface area contributed by atoms with Crippen LogP contribution in [0.3, 0.4) is 0 Å². The maximum Gasteiger partial charge on any atom is 0.230 e. The summed E-state index contributed by atoms with van der Waals surface area (Å²) < 4.78 is 2.06. The molecule has 32 heavy (non-hydrogen) atoms. The lowest BCUT2D eigenvalue weighted by Crippen LogP contribution is -2.34. The van der Waals surface area contributed by atoms with E-state index in [0.29, 0.717) is 5.75 Å². The van der Waals surface area contributed by atoms with Crippen molar-refractivity contribution in [1.29, 1.82) is 0 Å². The normalized spacial score (nSPS) is 12.4. The predicted octanol–water partition coefficient (Wildman–Crippen LogP) is 5.27. The number of nitrogens with one attached hydrogen (secondary N) is 1. The van der Waals surface area contributed by atoms with Gasteiger partial charge in [0.05, 0.1) is 22.3 Å². The molecule has 5 nitrogen and oxygen atoms in total. The van der Waals surface area contributed by atoms with Crippen LogP contribution >= 0.6 is 11.8 Å². The Balaban J connectivity index is 1.34. The predicted molar refractivity (Wildman–Crippen MR) is 131 cm³/mol. The molecular weight excluding hydrogens is 416 g/mol. The number of carbonyl (C=O) groups excluding carboxylic acids is 1. The number of fused-ring (bicyclic) bond motifs is 5. The van der Waals surface area contributed by atoms with Gasteiger partial charge in [-0.15, -0.1) is 0 Å². The minimum absolute atomic E-state index is 0.0168. The van der Waals surface area contributed by atoms with Crippen molar-refractivity contribution in [1.82, 2.24) is 19.7 Å². The first-order valence-electron chi connectivity index (χ1n) is 10.8. The topological polar surface area (TPSA) is 59.3 Å². The molecule has 0 aliphatic rings. The second kappa shape index (κ2) is 9.01. The number of amides is 1. The smallest absolute Gasteiger partial charge is 0.230 e. The zero-order valence-electron chi connectivity index (χ0n) is 17.9. The molecule has 6 heteroatoms. The molecule has 3 aromatic carbocycles. The quantitative estimate of drug-likeness (QED) is 0.277. The Morgan fingerprint density at radius 1 is 0.938 bits per heavy atom. The lowest BCUT2D eigenvalue weighted by atomic mass is 10.1. The molecule has 0 fully saturated rings. The van der Waals surface area contributed by atoms with Crippen LogP contribution in [0.4, 0.5) is 0 Å². The molecule has 5 rings (SSSR count). The number of rotatable bonds is 7. The number of carbonyl (C=O) groups is 1. The molecule has 1 unspecified atom stereocenters. The Morgan fingerprint density at radius 3 is 2.50 bits per heavy atom. The second-order valence-electron chi connectivity index (χ2n) is 7.95. The highest BCUT2D eigenvalue weighted by Crippen LogP contribution is 2.28. The molecule has 2 aromatic heterocycles. The van der Waals surface area contributed by atoms with E-state index in [-0.39, 0.29) is 11.9 Å². The van der Waals surface area contributed by atoms with E-state index in [9.17, 15) is 4.79 Å². The second-order valence-corrected chi connectivity index (χ2v) is 8.90. The molecular formula is C26H24N4OS. The molecule has 0 aliphatic heterocycles. The minimum Gasteiger partial charge on any atom is -0.353 e. The molecule has 0 aliphatic carbocycles. The summed E-state index contributed by atoms with van der Waals surface area (Å²) >= 11 is 1.45. The number of hydrogen-bond acceptors (Lipinski definition) is 4. The SMILES string of the molecule is CC(CCc1ccccc1)NC(=O)CSc1nc2ccccc2c2nc3ccccc3n12. The number of hydrogen-bond donors (Lipinski definition) is 1. The highest BCUT2D eigenvalue weighted by molar-refractivity contribution is 7.99. The maximum atomic E-state index is 12.7. The molecule has 0 radical (unpaired) electrons. The van der Waals surface area contributed by atoms with Crippen molar-refractivity contribution in [2.24, 2.45) is 0 Å². The molecule has 5 aromatic rings. The van der Waals surface area contributed by atoms with Gasteiger partial charge in [-0.05, 0) is 49.6 Å². The average Bonchev–Trinajstić information content (AvgIpc) is 3.22. The van der Waals surface area contributed by atoms with Gasteiger partial charge in [0, 0.05) is 11.4 Å². The number of nitrogens with zero attached hydrogens (tertiary/aromatic N) is 3. The summed E-state index contributed by atoms with van der Waals surface area (Å²) in [5.74, 6) is 0.325. The van der Waals surface area contributed by atoms with Crippen LogP contribution in [-0.4, -0.2) is 32.1 Å². The van der Waals surface area contributed by atoms with Crippen molar-refractivity contribution in [3.63, 3.8) is 0 Å². The van der Waals surface area contributed by atoms with Crippen molar-refractivity contribution < 1.29 is 4.79 Å². The summed E-state index contributed by atoms with van der Waals surface area (Å²) in [4.78, 5) is 22.4. The third-order valence-corrected chi connectivity index (χ3v) is 6.50. The summed E-state index contributed by atoms with van der Waals surface area (Å²) in [5.41, 5.74) is 4.97. The lowest BCUT2D eigenvalue weighted by molar-refractivity contribution is -0.119. The first kappa shape index (κ1) is 20.5. The third kappa shape index (κ3) is 4.18. The molecule has 1 atom stereocenters. The summed E-state index contributed by atoms with van der Waals surface area (Å²) in [6, 6.07) is 26.5. The van der Waals surface area contributed by atoms with Crippen LogP contribution in [0.5, 0.6) is 0 Å². The van der Waals surface area contributed by atoms with Crippen LogP contribution in [0, 0.1) is 0 Å². The molecule has 0 bridgehead atoms. The molecule has 0 saturated heterocycles. The number of aromatic nitrogens is 3. The van der Waals surface area contributed by atoms with Gasteiger partial charge in [0.2, 0.25) is 5.91 Å². The third-order valence-electron chi connectivity index (χ3n) is 5.56. The zero-order chi connectivity index (χ0) is 21.9. The van der Waals surface area contributed by atoms with Gasteiger partial charge in [0.1, 0.15) is 5.65 Å². The maximum absolute atomic E-state index is 12.7. The van der Waals surface area contributed by atoms with Crippen LogP contribution in [0.2, 0.25) is 0 Å². The molecule has 0 saturated carbocycles. The summed E-state index contributed by atoms with van der Waals surface area (Å²) in [5, 5.41) is 4.91. The van der Waals surface area contributed by atoms with Gasteiger partial charge in [-0.1, -0.05) is 66.4 Å². The van der Waals surface area contributed by atoms with E-state index in [0.717, 1.165) is 45.6 Å². The largest absolute Gasteiger partial charge is 0.353 e. The average molecular weight is 441 g/mol. The van der Waals surface area contributed by atoms with Gasteiger partial charge in [0.15, 0.2) is 5.16 Å². The van der Waals surface area contributed by atoms with Crippen molar-refractivity contribution in [3.05, 3.63) is 84.4 Å². The first-order chi connectivity index (χ1) is 15.7. The number of para-hydroxylation sites is 3. The van der Waals surface area contributed by atoms with E-state index in [1.54, 1.807) is 0 Å². The van der Waals surface area contributed by atoms with Crippen molar-refractivity contribution >= 4 is 45.3 Å². The number of aryl methyl sites for hydroxylation is 1. The van der Waals surface area contributed by atoms with Crippen LogP contribution in [0.1, 0.15) is 18.9 Å². The standard InChI is InChI=1S/C26H24N4OS/c1-18(15-16-19-9-3-2-4-10-19)27-24(31)17-32-26-29-21-12-6-5-11-20(21)25-28-22-13-7-8-14-23(22)30(25)26/h2-14,18H,15-17H2,1H3,(H,27,31). The fraction of sp³-hybridized carbons (Fsp3) is 0.192. The Morgan fingerprint density at radius 2 is 1.66 bits per heavy atom. The van der Waals surface area contributed by atoms with E-state index >= 15 is 0 Å². The van der Waals surface area contributed by atoms with E-state index in [1.807, 2.05) is 66.7 Å². The fourth-order valence-corrected chi connectivity index (χ4v) is 4.78. The molecule has 1 N–H and O–H groups in total. The number of thioether (sulfide) groups is 1. The molecule has 2 heterocycles. The van der Waals surface area contributed by atoms with E-state index in [1.165, 1.54) is 17.3 Å². The number of benzene rings is 3. The van der Waals surface area contributed by atoms with Gasteiger partial charge in [-0.25, -0.2) is 9.97 Å². The van der Waals surface area contributed by atoms with Gasteiger partial charge in [-0.2, -0.15) is 0 Å².